The topological polar surface area (TPSA) is 84.9 Å². The van der Waals surface area contributed by atoms with Gasteiger partial charge in [0.2, 0.25) is 0 Å². The number of rotatable bonds is 11. The van der Waals surface area contributed by atoms with E-state index in [0.29, 0.717) is 41.2 Å². The Balaban J connectivity index is 1.30. The summed E-state index contributed by atoms with van der Waals surface area (Å²) < 4.78 is 38.8. The molecule has 0 saturated heterocycles. The van der Waals surface area contributed by atoms with Crippen LogP contribution in [0.15, 0.2) is 42.5 Å². The summed E-state index contributed by atoms with van der Waals surface area (Å²) in [4.78, 5) is 10.9. The molecule has 0 bridgehead atoms. The van der Waals surface area contributed by atoms with Gasteiger partial charge in [-0.1, -0.05) is 12.1 Å². The normalized spacial score (nSPS) is 16.9. The Morgan fingerprint density at radius 1 is 1.10 bits per heavy atom. The van der Waals surface area contributed by atoms with Crippen molar-refractivity contribution >= 4 is 22.5 Å². The van der Waals surface area contributed by atoms with E-state index in [2.05, 4.69) is 56.4 Å². The average molecular weight is 566 g/mol. The van der Waals surface area contributed by atoms with Crippen molar-refractivity contribution in [3.8, 4) is 22.6 Å². The highest BCUT2D eigenvalue weighted by molar-refractivity contribution is 7.85. The van der Waals surface area contributed by atoms with E-state index in [0.717, 1.165) is 58.4 Å². The van der Waals surface area contributed by atoms with Crippen molar-refractivity contribution in [2.75, 3.05) is 24.3 Å². The maximum Gasteiger partial charge on any atom is 0.303 e. The molecule has 1 aliphatic heterocycles. The van der Waals surface area contributed by atoms with Gasteiger partial charge >= 0.3 is 5.97 Å². The van der Waals surface area contributed by atoms with Crippen molar-refractivity contribution in [1.29, 1.82) is 0 Å². The van der Waals surface area contributed by atoms with E-state index in [1.54, 1.807) is 6.07 Å². The predicted molar refractivity (Wildman–Crippen MR) is 156 cm³/mol. The standard InChI is InChI=1S/C32H36FNO5S/c1-19-5-6-23(32-20(2)13-24(14-21(32)3)38-11-4-12-40(37)25-8-9-25)15-26(19)29-18-39-30-16-22(7-10-31(35)36)27(33)17-28(30)34-29/h5-6,13-17,25,29,34H,4,7-12,18H2,1-3H3,(H,35,36). The molecule has 6 nitrogen and oxygen atoms in total. The summed E-state index contributed by atoms with van der Waals surface area (Å²) in [6, 6.07) is 13.3. The monoisotopic (exact) mass is 565 g/mol. The second kappa shape index (κ2) is 12.0. The number of carboxylic acids is 1. The van der Waals surface area contributed by atoms with Gasteiger partial charge in [0.25, 0.3) is 0 Å². The number of carboxylic acid groups (broad SMARTS) is 1. The van der Waals surface area contributed by atoms with Crippen LogP contribution in [0.2, 0.25) is 0 Å². The van der Waals surface area contributed by atoms with Gasteiger partial charge in [0, 0.05) is 34.3 Å². The van der Waals surface area contributed by atoms with Crippen molar-refractivity contribution < 1.29 is 28.0 Å². The summed E-state index contributed by atoms with van der Waals surface area (Å²) in [6.07, 6.45) is 2.97. The molecule has 8 heteroatoms. The lowest BCUT2D eigenvalue weighted by molar-refractivity contribution is -0.136. The molecule has 40 heavy (non-hydrogen) atoms. The number of hydrogen-bond donors (Lipinski definition) is 2. The second-order valence-corrected chi connectivity index (χ2v) is 12.7. The molecule has 1 aliphatic carbocycles. The van der Waals surface area contributed by atoms with Gasteiger partial charge in [0.1, 0.15) is 23.9 Å². The van der Waals surface area contributed by atoms with Crippen LogP contribution in [0.3, 0.4) is 0 Å². The van der Waals surface area contributed by atoms with Crippen molar-refractivity contribution in [2.45, 2.75) is 64.2 Å². The molecule has 212 valence electrons. The summed E-state index contributed by atoms with van der Waals surface area (Å²) >= 11 is 0. The molecule has 2 atom stereocenters. The Labute approximate surface area is 237 Å². The van der Waals surface area contributed by atoms with Crippen molar-refractivity contribution in [2.24, 2.45) is 0 Å². The van der Waals surface area contributed by atoms with Gasteiger partial charge in [-0.3, -0.25) is 9.00 Å². The van der Waals surface area contributed by atoms with Crippen LogP contribution >= 0.6 is 0 Å². The quantitative estimate of drug-likeness (QED) is 0.253. The molecule has 0 amide bonds. The van der Waals surface area contributed by atoms with E-state index >= 15 is 0 Å². The van der Waals surface area contributed by atoms with Crippen LogP contribution in [0.1, 0.15) is 59.5 Å². The fraction of sp³-hybridized carbons (Fsp3) is 0.406. The SMILES string of the molecule is Cc1ccc(-c2c(C)cc(OCCCS(=O)C3CC3)cc2C)cc1C1COc2cc(CCC(=O)O)c(F)cc2N1. The Bertz CT molecular complexity index is 1430. The summed E-state index contributed by atoms with van der Waals surface area (Å²) in [6.45, 7) is 7.15. The Morgan fingerprint density at radius 2 is 1.85 bits per heavy atom. The first kappa shape index (κ1) is 28.1. The molecule has 3 aromatic rings. The molecule has 0 spiro atoms. The maximum absolute atomic E-state index is 14.7. The number of aryl methyl sites for hydroxylation is 4. The average Bonchev–Trinajstić information content (AvgIpc) is 3.76. The van der Waals surface area contributed by atoms with E-state index < -0.39 is 22.6 Å². The van der Waals surface area contributed by atoms with Crippen molar-refractivity contribution in [3.63, 3.8) is 0 Å². The number of anilines is 1. The fourth-order valence-electron chi connectivity index (χ4n) is 5.35. The third kappa shape index (κ3) is 6.49. The van der Waals surface area contributed by atoms with Crippen LogP contribution in [0.5, 0.6) is 11.5 Å². The summed E-state index contributed by atoms with van der Waals surface area (Å²) in [7, 11) is -0.712. The van der Waals surface area contributed by atoms with Gasteiger partial charge in [-0.15, -0.1) is 0 Å². The first-order valence-corrected chi connectivity index (χ1v) is 15.2. The van der Waals surface area contributed by atoms with Gasteiger partial charge in [-0.2, -0.15) is 0 Å². The molecule has 3 aromatic carbocycles. The number of fused-ring (bicyclic) bond motifs is 1. The molecule has 2 aliphatic rings. The number of halogens is 1. The van der Waals surface area contributed by atoms with Crippen LogP contribution in [0.25, 0.3) is 11.1 Å². The summed E-state index contributed by atoms with van der Waals surface area (Å²) in [5, 5.41) is 12.8. The van der Waals surface area contributed by atoms with E-state index in [4.69, 9.17) is 14.6 Å². The fourth-order valence-corrected chi connectivity index (χ4v) is 6.75. The largest absolute Gasteiger partial charge is 0.494 e. The van der Waals surface area contributed by atoms with Crippen LogP contribution in [-0.4, -0.2) is 39.5 Å². The number of aliphatic carboxylic acids is 1. The lowest BCUT2D eigenvalue weighted by Gasteiger charge is -2.30. The zero-order chi connectivity index (χ0) is 28.4. The molecule has 1 heterocycles. The van der Waals surface area contributed by atoms with E-state index in [1.165, 1.54) is 6.07 Å². The van der Waals surface area contributed by atoms with Gasteiger partial charge in [-0.05, 0) is 110 Å². The molecule has 0 radical (unpaired) electrons. The molecule has 1 saturated carbocycles. The smallest absolute Gasteiger partial charge is 0.303 e. The highest BCUT2D eigenvalue weighted by atomic mass is 32.2. The van der Waals surface area contributed by atoms with E-state index in [9.17, 15) is 13.4 Å². The molecule has 2 N–H and O–H groups in total. The lowest BCUT2D eigenvalue weighted by atomic mass is 9.90. The molecule has 1 fully saturated rings. The van der Waals surface area contributed by atoms with Gasteiger partial charge in [0.05, 0.1) is 18.3 Å². The predicted octanol–water partition coefficient (Wildman–Crippen LogP) is 6.66. The maximum atomic E-state index is 14.7. The van der Waals surface area contributed by atoms with Crippen LogP contribution in [-0.2, 0) is 22.0 Å². The van der Waals surface area contributed by atoms with Gasteiger partial charge < -0.3 is 19.9 Å². The van der Waals surface area contributed by atoms with Crippen LogP contribution in [0, 0.1) is 26.6 Å². The third-order valence-electron chi connectivity index (χ3n) is 7.60. The highest BCUT2D eigenvalue weighted by Crippen LogP contribution is 2.39. The molecule has 5 rings (SSSR count). The number of ether oxygens (including phenoxy) is 2. The lowest BCUT2D eigenvalue weighted by Crippen LogP contribution is -2.25. The van der Waals surface area contributed by atoms with Crippen LogP contribution < -0.4 is 14.8 Å². The first-order valence-electron chi connectivity index (χ1n) is 13.8. The molecular weight excluding hydrogens is 529 g/mol. The summed E-state index contributed by atoms with van der Waals surface area (Å²) in [5.41, 5.74) is 7.53. The van der Waals surface area contributed by atoms with Crippen molar-refractivity contribution in [3.05, 3.63) is 76.1 Å². The molecule has 0 aromatic heterocycles. The Hall–Kier alpha value is -3.39. The second-order valence-electron chi connectivity index (χ2n) is 10.8. The minimum Gasteiger partial charge on any atom is -0.494 e. The number of nitrogens with one attached hydrogen (secondary N) is 1. The van der Waals surface area contributed by atoms with Crippen LogP contribution in [0.4, 0.5) is 10.1 Å². The number of carbonyl (C=O) groups is 1. The molecule has 2 unspecified atom stereocenters. The van der Waals surface area contributed by atoms with Gasteiger partial charge in [0.15, 0.2) is 0 Å². The van der Waals surface area contributed by atoms with E-state index in [1.807, 2.05) is 0 Å². The molecular formula is C32H36FNO5S. The Morgan fingerprint density at radius 3 is 2.55 bits per heavy atom. The minimum atomic E-state index is -0.961. The minimum absolute atomic E-state index is 0.117. The van der Waals surface area contributed by atoms with E-state index in [-0.39, 0.29) is 18.9 Å². The van der Waals surface area contributed by atoms with Crippen molar-refractivity contribution in [1.82, 2.24) is 0 Å². The highest BCUT2D eigenvalue weighted by Gasteiger charge is 2.27. The first-order chi connectivity index (χ1) is 19.2. The summed E-state index contributed by atoms with van der Waals surface area (Å²) in [5.74, 6) is 0.665. The zero-order valence-electron chi connectivity index (χ0n) is 23.2. The third-order valence-corrected chi connectivity index (χ3v) is 9.50. The number of benzene rings is 3. The Kier molecular flexibility index (Phi) is 8.45. The number of hydrogen-bond acceptors (Lipinski definition) is 5. The van der Waals surface area contributed by atoms with Gasteiger partial charge in [-0.25, -0.2) is 4.39 Å². The zero-order valence-corrected chi connectivity index (χ0v) is 24.0.